The Kier molecular flexibility index (Phi) is 20.0. The van der Waals surface area contributed by atoms with Crippen molar-refractivity contribution in [2.75, 3.05) is 13.2 Å². The van der Waals surface area contributed by atoms with E-state index in [1.54, 1.807) is 0 Å². The maximum Gasteiger partial charge on any atom is 0.351 e. The lowest BCUT2D eigenvalue weighted by Crippen LogP contribution is -2.00. The standard InChI is InChI=1S/C24H48O6P2/c1-4-24(21-17-15-19-23-30-32(27,28)6-3)20-16-13-11-9-7-8-10-12-14-18-22-29-31(25,26)5-2/h5-6,24H,2-4,7-23H2,1H3,(H,25,26)(H,27,28). The molecular formula is C24H48O6P2. The number of rotatable bonds is 24. The maximum atomic E-state index is 11.3. The molecule has 0 saturated carbocycles. The summed E-state index contributed by atoms with van der Waals surface area (Å²) in [4.78, 5) is 18.5. The molecule has 0 saturated heterocycles. The van der Waals surface area contributed by atoms with E-state index in [1.807, 2.05) is 0 Å². The molecule has 32 heavy (non-hydrogen) atoms. The molecule has 0 fully saturated rings. The summed E-state index contributed by atoms with van der Waals surface area (Å²) >= 11 is 0. The van der Waals surface area contributed by atoms with Crippen LogP contribution in [-0.2, 0) is 18.2 Å². The average molecular weight is 495 g/mol. The van der Waals surface area contributed by atoms with Gasteiger partial charge in [0.05, 0.1) is 13.2 Å². The van der Waals surface area contributed by atoms with Gasteiger partial charge in [0.15, 0.2) is 0 Å². The fraction of sp³-hybridized carbons (Fsp3) is 0.833. The van der Waals surface area contributed by atoms with Gasteiger partial charge in [0.1, 0.15) is 0 Å². The van der Waals surface area contributed by atoms with Crippen molar-refractivity contribution in [3.8, 4) is 0 Å². The number of unbranched alkanes of at least 4 members (excludes halogenated alkanes) is 11. The lowest BCUT2D eigenvalue weighted by atomic mass is 9.92. The van der Waals surface area contributed by atoms with Crippen molar-refractivity contribution in [1.82, 2.24) is 0 Å². The minimum absolute atomic E-state index is 0.327. The van der Waals surface area contributed by atoms with E-state index in [0.29, 0.717) is 13.2 Å². The first-order chi connectivity index (χ1) is 15.3. The fourth-order valence-electron chi connectivity index (χ4n) is 3.71. The van der Waals surface area contributed by atoms with Crippen LogP contribution in [-0.4, -0.2) is 23.0 Å². The smallest absolute Gasteiger partial charge is 0.321 e. The first-order valence-corrected chi connectivity index (χ1v) is 15.8. The van der Waals surface area contributed by atoms with Crippen molar-refractivity contribution < 1.29 is 28.0 Å². The van der Waals surface area contributed by atoms with Crippen LogP contribution in [0.4, 0.5) is 0 Å². The summed E-state index contributed by atoms with van der Waals surface area (Å²) in [5.74, 6) is 2.77. The highest BCUT2D eigenvalue weighted by Gasteiger charge is 2.13. The Labute approximate surface area is 196 Å². The third-order valence-electron chi connectivity index (χ3n) is 5.85. The molecule has 0 aromatic heterocycles. The second kappa shape index (κ2) is 20.2. The van der Waals surface area contributed by atoms with Crippen LogP contribution in [0, 0.1) is 5.92 Å². The van der Waals surface area contributed by atoms with Gasteiger partial charge in [-0.1, -0.05) is 110 Å². The van der Waals surface area contributed by atoms with Crippen molar-refractivity contribution in [1.29, 1.82) is 0 Å². The van der Waals surface area contributed by atoms with Gasteiger partial charge in [0, 0.05) is 11.6 Å². The Bertz CT molecular complexity index is 567. The minimum Gasteiger partial charge on any atom is -0.321 e. The van der Waals surface area contributed by atoms with E-state index >= 15 is 0 Å². The molecule has 3 atom stereocenters. The van der Waals surface area contributed by atoms with Gasteiger partial charge >= 0.3 is 15.2 Å². The zero-order valence-corrected chi connectivity index (χ0v) is 22.1. The van der Waals surface area contributed by atoms with Crippen LogP contribution >= 0.6 is 15.2 Å². The Morgan fingerprint density at radius 1 is 0.656 bits per heavy atom. The summed E-state index contributed by atoms with van der Waals surface area (Å²) in [7, 11) is -7.09. The van der Waals surface area contributed by atoms with Gasteiger partial charge in [-0.3, -0.25) is 9.13 Å². The molecule has 0 spiro atoms. The quantitative estimate of drug-likeness (QED) is 0.103. The Morgan fingerprint density at radius 3 is 1.31 bits per heavy atom. The molecule has 0 aromatic rings. The van der Waals surface area contributed by atoms with Crippen LogP contribution in [0.1, 0.15) is 110 Å². The predicted molar refractivity (Wildman–Crippen MR) is 135 cm³/mol. The van der Waals surface area contributed by atoms with Crippen LogP contribution in [0.2, 0.25) is 0 Å². The summed E-state index contributed by atoms with van der Waals surface area (Å²) in [6.45, 7) is 9.52. The van der Waals surface area contributed by atoms with E-state index in [2.05, 4.69) is 20.1 Å². The van der Waals surface area contributed by atoms with Crippen LogP contribution in [0.15, 0.2) is 24.8 Å². The van der Waals surface area contributed by atoms with E-state index in [0.717, 1.165) is 56.1 Å². The monoisotopic (exact) mass is 494 g/mol. The van der Waals surface area contributed by atoms with Crippen molar-refractivity contribution in [2.24, 2.45) is 5.92 Å². The van der Waals surface area contributed by atoms with Crippen molar-refractivity contribution in [2.45, 2.75) is 110 Å². The van der Waals surface area contributed by atoms with Crippen LogP contribution in [0.3, 0.4) is 0 Å². The van der Waals surface area contributed by atoms with Gasteiger partial charge in [-0.15, -0.1) is 0 Å². The largest absolute Gasteiger partial charge is 0.351 e. The van der Waals surface area contributed by atoms with Gasteiger partial charge in [-0.05, 0) is 18.8 Å². The van der Waals surface area contributed by atoms with Crippen molar-refractivity contribution in [3.05, 3.63) is 24.8 Å². The average Bonchev–Trinajstić information content (AvgIpc) is 2.77. The third kappa shape index (κ3) is 20.4. The molecule has 6 nitrogen and oxygen atoms in total. The van der Waals surface area contributed by atoms with Gasteiger partial charge in [0.25, 0.3) is 0 Å². The summed E-state index contributed by atoms with van der Waals surface area (Å²) in [6.07, 6.45) is 18.9. The Morgan fingerprint density at radius 2 is 0.969 bits per heavy atom. The van der Waals surface area contributed by atoms with Crippen LogP contribution < -0.4 is 0 Å². The molecule has 0 aromatic carbocycles. The molecule has 0 aliphatic carbocycles. The van der Waals surface area contributed by atoms with E-state index in [-0.39, 0.29) is 0 Å². The van der Waals surface area contributed by atoms with Crippen LogP contribution in [0.25, 0.3) is 0 Å². The molecular weight excluding hydrogens is 446 g/mol. The molecule has 0 rings (SSSR count). The second-order valence-electron chi connectivity index (χ2n) is 8.61. The molecule has 0 bridgehead atoms. The SMILES string of the molecule is C=CP(=O)(O)OCCCCCCCCCCCCC(CC)CCCCCOP(=O)(O)C=C. The molecule has 0 radical (unpaired) electrons. The Balaban J connectivity index is 3.43. The minimum atomic E-state index is -3.55. The molecule has 190 valence electrons. The summed E-state index contributed by atoms with van der Waals surface area (Å²) < 4.78 is 32.4. The lowest BCUT2D eigenvalue weighted by molar-refractivity contribution is 0.258. The zero-order chi connectivity index (χ0) is 24.1. The topological polar surface area (TPSA) is 93.1 Å². The van der Waals surface area contributed by atoms with E-state index in [4.69, 9.17) is 9.05 Å². The van der Waals surface area contributed by atoms with E-state index in [9.17, 15) is 18.9 Å². The van der Waals surface area contributed by atoms with Crippen molar-refractivity contribution >= 4 is 15.2 Å². The van der Waals surface area contributed by atoms with E-state index in [1.165, 1.54) is 64.2 Å². The first-order valence-electron chi connectivity index (χ1n) is 12.5. The van der Waals surface area contributed by atoms with Gasteiger partial charge in [-0.2, -0.15) is 0 Å². The number of hydrogen-bond acceptors (Lipinski definition) is 4. The third-order valence-corrected chi connectivity index (χ3v) is 7.88. The highest BCUT2D eigenvalue weighted by Crippen LogP contribution is 2.43. The molecule has 0 amide bonds. The lowest BCUT2D eigenvalue weighted by Gasteiger charge is -2.14. The number of hydrogen-bond donors (Lipinski definition) is 2. The fourth-order valence-corrected chi connectivity index (χ4v) is 4.70. The summed E-state index contributed by atoms with van der Waals surface area (Å²) in [5.41, 5.74) is 0. The highest BCUT2D eigenvalue weighted by molar-refractivity contribution is 7.56. The second-order valence-corrected chi connectivity index (χ2v) is 12.1. The molecule has 2 N–H and O–H groups in total. The maximum absolute atomic E-state index is 11.3. The predicted octanol–water partition coefficient (Wildman–Crippen LogP) is 8.56. The molecule has 0 aliphatic heterocycles. The molecule has 0 aliphatic rings. The normalized spacial score (nSPS) is 16.2. The summed E-state index contributed by atoms with van der Waals surface area (Å²) in [6, 6.07) is 0. The molecule has 3 unspecified atom stereocenters. The molecule has 0 heterocycles. The van der Waals surface area contributed by atoms with Gasteiger partial charge in [0.2, 0.25) is 0 Å². The van der Waals surface area contributed by atoms with E-state index < -0.39 is 15.2 Å². The van der Waals surface area contributed by atoms with Gasteiger partial charge < -0.3 is 18.8 Å². The van der Waals surface area contributed by atoms with Crippen molar-refractivity contribution in [3.63, 3.8) is 0 Å². The summed E-state index contributed by atoms with van der Waals surface area (Å²) in [5, 5.41) is 0. The molecule has 8 heteroatoms. The highest BCUT2D eigenvalue weighted by atomic mass is 31.2. The zero-order valence-electron chi connectivity index (χ0n) is 20.3. The van der Waals surface area contributed by atoms with Crippen LogP contribution in [0.5, 0.6) is 0 Å². The first kappa shape index (κ1) is 31.8. The Hall–Kier alpha value is -0.220. The van der Waals surface area contributed by atoms with Gasteiger partial charge in [-0.25, -0.2) is 0 Å².